The van der Waals surface area contributed by atoms with Crippen LogP contribution in [-0.2, 0) is 6.42 Å². The number of thiophene rings is 1. The molecule has 1 heterocycles. The summed E-state index contributed by atoms with van der Waals surface area (Å²) in [5, 5.41) is 7.31. The first-order valence-corrected chi connectivity index (χ1v) is 5.99. The van der Waals surface area contributed by atoms with Gasteiger partial charge in [-0.2, -0.15) is 11.3 Å². The van der Waals surface area contributed by atoms with Crippen molar-refractivity contribution in [1.29, 1.82) is 0 Å². The van der Waals surface area contributed by atoms with Gasteiger partial charge in [0, 0.05) is 17.9 Å². The van der Waals surface area contributed by atoms with Crippen LogP contribution < -0.4 is 11.1 Å². The molecule has 16 heavy (non-hydrogen) atoms. The average molecular weight is 236 g/mol. The maximum Gasteiger partial charge on any atom is 0.127 e. The second-order valence-corrected chi connectivity index (χ2v) is 4.36. The summed E-state index contributed by atoms with van der Waals surface area (Å²) < 4.78 is 13.0. The zero-order chi connectivity index (χ0) is 11.4. The van der Waals surface area contributed by atoms with Crippen LogP contribution in [-0.4, -0.2) is 6.54 Å². The number of nitrogen functional groups attached to an aromatic ring is 1. The molecule has 0 atom stereocenters. The summed E-state index contributed by atoms with van der Waals surface area (Å²) in [5.74, 6) is -0.307. The second kappa shape index (κ2) is 4.99. The van der Waals surface area contributed by atoms with Gasteiger partial charge in [0.05, 0.1) is 0 Å². The van der Waals surface area contributed by atoms with Crippen molar-refractivity contribution in [3.8, 4) is 0 Å². The van der Waals surface area contributed by atoms with Gasteiger partial charge < -0.3 is 11.1 Å². The van der Waals surface area contributed by atoms with Gasteiger partial charge in [0.1, 0.15) is 5.82 Å². The molecule has 2 nitrogen and oxygen atoms in total. The quantitative estimate of drug-likeness (QED) is 0.800. The van der Waals surface area contributed by atoms with Gasteiger partial charge in [-0.05, 0) is 47.0 Å². The van der Waals surface area contributed by atoms with Gasteiger partial charge in [-0.1, -0.05) is 0 Å². The van der Waals surface area contributed by atoms with Gasteiger partial charge >= 0.3 is 0 Å². The van der Waals surface area contributed by atoms with Gasteiger partial charge in [0.15, 0.2) is 0 Å². The molecule has 1 aromatic heterocycles. The van der Waals surface area contributed by atoms with Crippen LogP contribution in [0.1, 0.15) is 5.56 Å². The van der Waals surface area contributed by atoms with E-state index in [1.165, 1.54) is 17.7 Å². The van der Waals surface area contributed by atoms with E-state index in [4.69, 9.17) is 5.73 Å². The van der Waals surface area contributed by atoms with Crippen molar-refractivity contribution >= 4 is 22.7 Å². The smallest absolute Gasteiger partial charge is 0.127 e. The van der Waals surface area contributed by atoms with Gasteiger partial charge in [-0.15, -0.1) is 0 Å². The molecule has 0 amide bonds. The molecule has 0 bridgehead atoms. The lowest BCUT2D eigenvalue weighted by atomic mass is 10.2. The third-order valence-corrected chi connectivity index (χ3v) is 2.98. The van der Waals surface area contributed by atoms with Crippen LogP contribution >= 0.6 is 11.3 Å². The lowest BCUT2D eigenvalue weighted by molar-refractivity contribution is 0.629. The van der Waals surface area contributed by atoms with Crippen LogP contribution in [0.4, 0.5) is 15.8 Å². The van der Waals surface area contributed by atoms with E-state index in [2.05, 4.69) is 22.1 Å². The van der Waals surface area contributed by atoms with Crippen LogP contribution in [0.5, 0.6) is 0 Å². The van der Waals surface area contributed by atoms with Crippen LogP contribution in [0.3, 0.4) is 0 Å². The molecule has 0 saturated heterocycles. The highest BCUT2D eigenvalue weighted by Gasteiger charge is 1.98. The predicted molar refractivity (Wildman–Crippen MR) is 67.3 cm³/mol. The van der Waals surface area contributed by atoms with E-state index in [1.807, 2.05) is 0 Å². The Kier molecular flexibility index (Phi) is 3.41. The Hall–Kier alpha value is -1.55. The summed E-state index contributed by atoms with van der Waals surface area (Å²) in [4.78, 5) is 0. The lowest BCUT2D eigenvalue weighted by Crippen LogP contribution is -2.05. The molecule has 0 fully saturated rings. The highest BCUT2D eigenvalue weighted by atomic mass is 32.1. The van der Waals surface area contributed by atoms with Crippen molar-refractivity contribution < 1.29 is 4.39 Å². The Bertz CT molecular complexity index is 434. The van der Waals surface area contributed by atoms with Crippen LogP contribution in [0.25, 0.3) is 0 Å². The Morgan fingerprint density at radius 1 is 1.31 bits per heavy atom. The zero-order valence-electron chi connectivity index (χ0n) is 8.74. The first-order chi connectivity index (χ1) is 7.74. The number of hydrogen-bond donors (Lipinski definition) is 2. The summed E-state index contributed by atoms with van der Waals surface area (Å²) in [7, 11) is 0. The number of nitrogens with two attached hydrogens (primary N) is 1. The molecule has 0 saturated carbocycles. The van der Waals surface area contributed by atoms with Crippen molar-refractivity contribution in [3.63, 3.8) is 0 Å². The first-order valence-electron chi connectivity index (χ1n) is 5.05. The summed E-state index contributed by atoms with van der Waals surface area (Å²) in [6, 6.07) is 6.58. The average Bonchev–Trinajstić information content (AvgIpc) is 2.69. The minimum atomic E-state index is -0.307. The third-order valence-electron chi connectivity index (χ3n) is 2.24. The minimum Gasteiger partial charge on any atom is -0.399 e. The monoisotopic (exact) mass is 236 g/mol. The SMILES string of the molecule is Nc1cc(F)cc(NCCc2ccsc2)c1. The topological polar surface area (TPSA) is 38.0 Å². The fraction of sp³-hybridized carbons (Fsp3) is 0.167. The fourth-order valence-electron chi connectivity index (χ4n) is 1.50. The van der Waals surface area contributed by atoms with E-state index >= 15 is 0 Å². The van der Waals surface area contributed by atoms with Crippen LogP contribution in [0.15, 0.2) is 35.0 Å². The summed E-state index contributed by atoms with van der Waals surface area (Å²) in [6.07, 6.45) is 0.930. The lowest BCUT2D eigenvalue weighted by Gasteiger charge is -2.06. The fourth-order valence-corrected chi connectivity index (χ4v) is 2.20. The molecule has 2 rings (SSSR count). The first kappa shape index (κ1) is 11.0. The normalized spacial score (nSPS) is 10.3. The molecule has 3 N–H and O–H groups in total. The van der Waals surface area contributed by atoms with Gasteiger partial charge in [0.25, 0.3) is 0 Å². The maximum atomic E-state index is 13.0. The molecular formula is C12H13FN2S. The van der Waals surface area contributed by atoms with Crippen molar-refractivity contribution in [2.45, 2.75) is 6.42 Å². The second-order valence-electron chi connectivity index (χ2n) is 3.58. The van der Waals surface area contributed by atoms with Crippen molar-refractivity contribution in [1.82, 2.24) is 0 Å². The number of hydrogen-bond acceptors (Lipinski definition) is 3. The highest BCUT2D eigenvalue weighted by molar-refractivity contribution is 7.07. The third kappa shape index (κ3) is 2.97. The Labute approximate surface area is 97.9 Å². The van der Waals surface area contributed by atoms with Crippen LogP contribution in [0.2, 0.25) is 0 Å². The highest BCUT2D eigenvalue weighted by Crippen LogP contribution is 2.15. The minimum absolute atomic E-state index is 0.307. The number of benzene rings is 1. The molecule has 4 heteroatoms. The summed E-state index contributed by atoms with van der Waals surface area (Å²) in [5.41, 5.74) is 8.01. The van der Waals surface area contributed by atoms with Gasteiger partial charge in [0.2, 0.25) is 0 Å². The van der Waals surface area contributed by atoms with Gasteiger partial charge in [-0.3, -0.25) is 0 Å². The standard InChI is InChI=1S/C12H13FN2S/c13-10-5-11(14)7-12(6-10)15-3-1-9-2-4-16-8-9/h2,4-8,15H,1,3,14H2. The molecular weight excluding hydrogens is 223 g/mol. The molecule has 0 radical (unpaired) electrons. The molecule has 0 aliphatic heterocycles. The van der Waals surface area contributed by atoms with Gasteiger partial charge in [-0.25, -0.2) is 4.39 Å². The Morgan fingerprint density at radius 2 is 2.19 bits per heavy atom. The number of anilines is 2. The van der Waals surface area contributed by atoms with E-state index < -0.39 is 0 Å². The molecule has 2 aromatic rings. The summed E-state index contributed by atoms with van der Waals surface area (Å²) >= 11 is 1.68. The van der Waals surface area contributed by atoms with E-state index in [1.54, 1.807) is 17.4 Å². The largest absolute Gasteiger partial charge is 0.399 e. The predicted octanol–water partition coefficient (Wildman–Crippen LogP) is 3.12. The van der Waals surface area contributed by atoms with Crippen LogP contribution in [0, 0.1) is 5.82 Å². The molecule has 0 aliphatic rings. The Balaban J connectivity index is 1.89. The van der Waals surface area contributed by atoms with Crippen molar-refractivity contribution in [2.24, 2.45) is 0 Å². The number of halogens is 1. The molecule has 0 spiro atoms. The Morgan fingerprint density at radius 3 is 2.88 bits per heavy atom. The molecule has 0 unspecified atom stereocenters. The van der Waals surface area contributed by atoms with E-state index in [0.29, 0.717) is 5.69 Å². The number of rotatable bonds is 4. The zero-order valence-corrected chi connectivity index (χ0v) is 9.56. The number of nitrogens with one attached hydrogen (secondary N) is 1. The molecule has 84 valence electrons. The van der Waals surface area contributed by atoms with E-state index in [-0.39, 0.29) is 5.82 Å². The maximum absolute atomic E-state index is 13.0. The summed E-state index contributed by atoms with van der Waals surface area (Å²) in [6.45, 7) is 0.777. The molecule has 0 aliphatic carbocycles. The van der Waals surface area contributed by atoms with E-state index in [9.17, 15) is 4.39 Å². The molecule has 1 aromatic carbocycles. The van der Waals surface area contributed by atoms with Crippen molar-refractivity contribution in [2.75, 3.05) is 17.6 Å². The van der Waals surface area contributed by atoms with Crippen molar-refractivity contribution in [3.05, 3.63) is 46.4 Å². The van der Waals surface area contributed by atoms with E-state index in [0.717, 1.165) is 18.7 Å².